The van der Waals surface area contributed by atoms with Crippen LogP contribution >= 0.6 is 0 Å². The van der Waals surface area contributed by atoms with Gasteiger partial charge in [-0.3, -0.25) is 0 Å². The van der Waals surface area contributed by atoms with Crippen LogP contribution in [-0.2, 0) is 19.3 Å². The van der Waals surface area contributed by atoms with Crippen molar-refractivity contribution in [1.82, 2.24) is 4.98 Å². The monoisotopic (exact) mass is 376 g/mol. The SMILES string of the molecule is C=C(C)c1ccc(CCc2cccc(C)c2C#N)c(C2=CCc3ccccc32)n1. The molecule has 0 N–H and O–H groups in total. The number of nitrogens with zero attached hydrogens (tertiary/aromatic N) is 2. The number of nitriles is 1. The van der Waals surface area contributed by atoms with Crippen LogP contribution in [0.15, 0.2) is 67.3 Å². The molecule has 2 nitrogen and oxygen atoms in total. The molecule has 0 spiro atoms. The molecule has 1 aliphatic carbocycles. The van der Waals surface area contributed by atoms with Crippen LogP contribution in [0, 0.1) is 18.3 Å². The van der Waals surface area contributed by atoms with Gasteiger partial charge in [-0.2, -0.15) is 5.26 Å². The fourth-order valence-electron chi connectivity index (χ4n) is 4.03. The zero-order valence-corrected chi connectivity index (χ0v) is 17.0. The van der Waals surface area contributed by atoms with E-state index in [-0.39, 0.29) is 0 Å². The number of rotatable bonds is 5. The summed E-state index contributed by atoms with van der Waals surface area (Å²) in [5, 5.41) is 9.55. The minimum absolute atomic E-state index is 0.797. The molecule has 1 heterocycles. The van der Waals surface area contributed by atoms with Crippen molar-refractivity contribution in [2.24, 2.45) is 0 Å². The molecule has 0 atom stereocenters. The van der Waals surface area contributed by atoms with Gasteiger partial charge in [0.25, 0.3) is 0 Å². The van der Waals surface area contributed by atoms with Crippen LogP contribution in [-0.4, -0.2) is 4.98 Å². The topological polar surface area (TPSA) is 36.7 Å². The van der Waals surface area contributed by atoms with Gasteiger partial charge in [0.2, 0.25) is 0 Å². The molecule has 0 bridgehead atoms. The molecule has 3 aromatic rings. The van der Waals surface area contributed by atoms with Crippen LogP contribution in [0.25, 0.3) is 11.1 Å². The number of allylic oxidation sites excluding steroid dienone is 2. The Morgan fingerprint density at radius 2 is 1.83 bits per heavy atom. The third kappa shape index (κ3) is 3.65. The van der Waals surface area contributed by atoms with E-state index < -0.39 is 0 Å². The first-order valence-electron chi connectivity index (χ1n) is 10.0. The van der Waals surface area contributed by atoms with Gasteiger partial charge in [-0.25, -0.2) is 4.98 Å². The maximum atomic E-state index is 9.55. The van der Waals surface area contributed by atoms with E-state index in [1.54, 1.807) is 0 Å². The lowest BCUT2D eigenvalue weighted by Gasteiger charge is -2.14. The summed E-state index contributed by atoms with van der Waals surface area (Å²) in [4.78, 5) is 4.99. The highest BCUT2D eigenvalue weighted by atomic mass is 14.7. The highest BCUT2D eigenvalue weighted by Crippen LogP contribution is 2.34. The van der Waals surface area contributed by atoms with Crippen molar-refractivity contribution in [2.45, 2.75) is 33.1 Å². The van der Waals surface area contributed by atoms with E-state index in [2.05, 4.69) is 61.2 Å². The van der Waals surface area contributed by atoms with Crippen LogP contribution in [0.4, 0.5) is 0 Å². The van der Waals surface area contributed by atoms with E-state index in [0.29, 0.717) is 0 Å². The maximum Gasteiger partial charge on any atom is 0.0997 e. The lowest BCUT2D eigenvalue weighted by molar-refractivity contribution is 0.935. The molecule has 0 aliphatic heterocycles. The Morgan fingerprint density at radius 1 is 1.03 bits per heavy atom. The predicted octanol–water partition coefficient (Wildman–Crippen LogP) is 6.07. The van der Waals surface area contributed by atoms with Crippen molar-refractivity contribution in [3.8, 4) is 6.07 Å². The highest BCUT2D eigenvalue weighted by Gasteiger charge is 2.19. The number of aromatic nitrogens is 1. The Balaban J connectivity index is 1.73. The van der Waals surface area contributed by atoms with Gasteiger partial charge in [0.15, 0.2) is 0 Å². The van der Waals surface area contributed by atoms with Crippen LogP contribution < -0.4 is 0 Å². The average Bonchev–Trinajstić information content (AvgIpc) is 3.16. The standard InChI is InChI=1S/C27H24N2/c1-18(2)26-16-14-22(12-11-21-9-6-7-19(3)25(21)17-28)27(29-26)24-15-13-20-8-4-5-10-23(20)24/h4-10,14-16H,1,11-13H2,2-3H3. The summed E-state index contributed by atoms with van der Waals surface area (Å²) < 4.78 is 0. The summed E-state index contributed by atoms with van der Waals surface area (Å²) in [5.74, 6) is 0. The van der Waals surface area contributed by atoms with Gasteiger partial charge in [0.05, 0.1) is 23.0 Å². The van der Waals surface area contributed by atoms with Gasteiger partial charge in [0, 0.05) is 5.57 Å². The summed E-state index contributed by atoms with van der Waals surface area (Å²) >= 11 is 0. The first-order valence-corrected chi connectivity index (χ1v) is 10.0. The number of fused-ring (bicyclic) bond motifs is 1. The van der Waals surface area contributed by atoms with Crippen molar-refractivity contribution in [3.63, 3.8) is 0 Å². The molecule has 0 fully saturated rings. The highest BCUT2D eigenvalue weighted by molar-refractivity contribution is 5.84. The minimum Gasteiger partial charge on any atom is -0.248 e. The molecule has 0 saturated carbocycles. The second-order valence-electron chi connectivity index (χ2n) is 7.68. The Bertz CT molecular complexity index is 1180. The third-order valence-corrected chi connectivity index (χ3v) is 5.64. The number of hydrogen-bond acceptors (Lipinski definition) is 2. The van der Waals surface area contributed by atoms with Gasteiger partial charge >= 0.3 is 0 Å². The van der Waals surface area contributed by atoms with Gasteiger partial charge in [-0.05, 0) is 72.6 Å². The molecule has 2 aromatic carbocycles. The van der Waals surface area contributed by atoms with Gasteiger partial charge < -0.3 is 0 Å². The first-order chi connectivity index (χ1) is 14.1. The summed E-state index contributed by atoms with van der Waals surface area (Å²) in [5.41, 5.74) is 10.9. The zero-order valence-electron chi connectivity index (χ0n) is 17.0. The summed E-state index contributed by atoms with van der Waals surface area (Å²) in [6, 6.07) is 21.2. The molecule has 0 radical (unpaired) electrons. The summed E-state index contributed by atoms with van der Waals surface area (Å²) in [7, 11) is 0. The Hall–Kier alpha value is -3.44. The smallest absolute Gasteiger partial charge is 0.0997 e. The van der Waals surface area contributed by atoms with Crippen molar-refractivity contribution >= 4 is 11.1 Å². The first kappa shape index (κ1) is 18.9. The van der Waals surface area contributed by atoms with Crippen LogP contribution in [0.3, 0.4) is 0 Å². The predicted molar refractivity (Wildman–Crippen MR) is 119 cm³/mol. The summed E-state index contributed by atoms with van der Waals surface area (Å²) in [6.45, 7) is 8.07. The largest absolute Gasteiger partial charge is 0.248 e. The van der Waals surface area contributed by atoms with Crippen molar-refractivity contribution in [2.75, 3.05) is 0 Å². The molecule has 0 unspecified atom stereocenters. The lowest BCUT2D eigenvalue weighted by atomic mass is 9.93. The normalized spacial score (nSPS) is 12.2. The Morgan fingerprint density at radius 3 is 2.62 bits per heavy atom. The van der Waals surface area contributed by atoms with E-state index in [4.69, 9.17) is 4.98 Å². The van der Waals surface area contributed by atoms with E-state index in [1.165, 1.54) is 22.3 Å². The number of aryl methyl sites for hydroxylation is 3. The quantitative estimate of drug-likeness (QED) is 0.542. The molecule has 1 aliphatic rings. The average molecular weight is 377 g/mol. The second kappa shape index (κ2) is 7.89. The van der Waals surface area contributed by atoms with E-state index in [1.807, 2.05) is 26.0 Å². The molecule has 0 amide bonds. The molecular formula is C27H24N2. The number of benzene rings is 2. The van der Waals surface area contributed by atoms with Crippen LogP contribution in [0.5, 0.6) is 0 Å². The third-order valence-electron chi connectivity index (χ3n) is 5.64. The Labute approximate surface area is 172 Å². The second-order valence-corrected chi connectivity index (χ2v) is 7.68. The van der Waals surface area contributed by atoms with Crippen molar-refractivity contribution in [3.05, 3.63) is 112 Å². The summed E-state index contributed by atoms with van der Waals surface area (Å²) in [6.07, 6.45) is 4.89. The molecule has 142 valence electrons. The number of pyridine rings is 1. The molecule has 29 heavy (non-hydrogen) atoms. The minimum atomic E-state index is 0.797. The fraction of sp³-hybridized carbons (Fsp3) is 0.185. The fourth-order valence-corrected chi connectivity index (χ4v) is 4.03. The van der Waals surface area contributed by atoms with Crippen molar-refractivity contribution < 1.29 is 0 Å². The molecule has 1 aromatic heterocycles. The lowest BCUT2D eigenvalue weighted by Crippen LogP contribution is -2.04. The van der Waals surface area contributed by atoms with E-state index in [0.717, 1.165) is 52.9 Å². The van der Waals surface area contributed by atoms with Crippen LogP contribution in [0.2, 0.25) is 0 Å². The van der Waals surface area contributed by atoms with E-state index >= 15 is 0 Å². The van der Waals surface area contributed by atoms with Crippen LogP contribution in [0.1, 0.15) is 51.7 Å². The Kier molecular flexibility index (Phi) is 5.14. The van der Waals surface area contributed by atoms with Gasteiger partial charge in [-0.15, -0.1) is 0 Å². The maximum absolute atomic E-state index is 9.55. The van der Waals surface area contributed by atoms with E-state index in [9.17, 15) is 5.26 Å². The zero-order chi connectivity index (χ0) is 20.4. The molecule has 2 heteroatoms. The molecular weight excluding hydrogens is 352 g/mol. The number of hydrogen-bond donors (Lipinski definition) is 0. The van der Waals surface area contributed by atoms with Crippen molar-refractivity contribution in [1.29, 1.82) is 5.26 Å². The van der Waals surface area contributed by atoms with Gasteiger partial charge in [0.1, 0.15) is 0 Å². The van der Waals surface area contributed by atoms with Gasteiger partial charge in [-0.1, -0.05) is 61.2 Å². The molecule has 0 saturated heterocycles. The molecule has 4 rings (SSSR count).